The average Bonchev–Trinajstić information content (AvgIpc) is 1.41. The number of anilines is 5. The number of nitrogens with zero attached hydrogens (tertiary/aromatic N) is 6. The number of hydrogen-bond acceptors (Lipinski definition) is 31. The molecule has 0 saturated heterocycles. The van der Waals surface area contributed by atoms with E-state index in [1.807, 2.05) is 128 Å². The van der Waals surface area contributed by atoms with Gasteiger partial charge in [0, 0.05) is 83.3 Å². The third kappa shape index (κ3) is 31.3. The van der Waals surface area contributed by atoms with Crippen LogP contribution in [0.4, 0.5) is 29.1 Å². The maximum Gasteiger partial charge on any atom is 0 e. The number of carbonyl (C=O) groups is 4. The first kappa shape index (κ1) is 113. The van der Waals surface area contributed by atoms with Crippen LogP contribution in [0.3, 0.4) is 0 Å². The average molecular weight is 2470 g/mol. The predicted octanol–water partition coefficient (Wildman–Crippen LogP) is 28.2. The maximum atomic E-state index is 12.4. The SMILES string of the molecule is COC(=O)c1ccc(-c2cnc(N)c(O)c2)cc1.COC(=O)c1ccc(-c2cnc(N)c(OCc3ccccc3)c2)cc1.COC(=O)c1ccc(-c2cnc(N)c(OS(=O)(=O)c3ccccc3)c2)cc1.COC(=O)c1ccc(B(O)O)cc1.Cc1ccc(S(=O)(=O)Cl)cc1.Nc1ncc(Br)cc1OCc1ccccc1.Nc1ncccc1OCc1ccccc1.[B]=NS.[Pd].[pH]1p2p(-p3p4p(-p5p6p(-p7p8[pH]p78)p56)p34)p12. The molecule has 8 atom stereocenters. The van der Waals surface area contributed by atoms with Crippen molar-refractivity contribution in [3.8, 4) is 62.1 Å². The molecule has 8 unspecified atom stereocenters. The Morgan fingerprint density at radius 1 is 0.414 bits per heavy atom. The molecule has 1 radical (unpaired) electrons. The molecule has 145 heavy (non-hydrogen) atoms. The summed E-state index contributed by atoms with van der Waals surface area (Å²) in [6.45, 7) is 9.58. The van der Waals surface area contributed by atoms with E-state index in [1.54, 1.807) is 137 Å². The number of halogens is 2. The van der Waals surface area contributed by atoms with Crippen LogP contribution in [-0.2, 0) is 78.4 Å². The Kier molecular flexibility index (Phi) is 41.3. The molecule has 0 fully saturated rings. The number of aromatic hydroxyl groups is 1. The minimum absolute atomic E-state index is 0. The van der Waals surface area contributed by atoms with Crippen LogP contribution in [-0.4, -0.2) is 124 Å². The van der Waals surface area contributed by atoms with E-state index < -0.39 is 38.2 Å². The molecule has 0 aliphatic heterocycles. The Labute approximate surface area is 882 Å². The number of nitrogens with two attached hydrogens (primary N) is 5. The fraction of sp³-hybridized carbons (Fsp3) is 0.0879. The molecule has 9 aromatic carbocycles. The van der Waals surface area contributed by atoms with Crippen molar-refractivity contribution >= 4 is 237 Å². The smallest absolute Gasteiger partial charge is 0 e. The molecule has 0 aliphatic rings. The molecule has 0 aliphatic carbocycles. The number of nitrogen functional groups attached to an aromatic ring is 5. The van der Waals surface area contributed by atoms with Crippen LogP contribution in [0.25, 0.3) is 33.4 Å². The van der Waals surface area contributed by atoms with Gasteiger partial charge in [-0.15, -0.1) is 0 Å². The van der Waals surface area contributed by atoms with Gasteiger partial charge in [0.25, 0.3) is 9.05 Å². The van der Waals surface area contributed by atoms with Crippen molar-refractivity contribution in [2.45, 2.75) is 36.5 Å². The quantitative estimate of drug-likeness (QED) is 0.00677. The van der Waals surface area contributed by atoms with Gasteiger partial charge in [-0.3, -0.25) is 0 Å². The number of methoxy groups -OCH3 is 4. The molecule has 13 N–H and O–H groups in total. The zero-order valence-electron chi connectivity index (χ0n) is 76.8. The number of fused-ring (bicyclic) bond motifs is 4. The van der Waals surface area contributed by atoms with Gasteiger partial charge in [-0.1, -0.05) is 191 Å². The van der Waals surface area contributed by atoms with Crippen LogP contribution < -0.4 is 52.5 Å². The Bertz CT molecular complexity index is 7960. The summed E-state index contributed by atoms with van der Waals surface area (Å²) in [4.78, 5) is 65.4. The Morgan fingerprint density at radius 2 is 0.738 bits per heavy atom. The van der Waals surface area contributed by atoms with E-state index >= 15 is 0 Å². The molecular weight excluding hydrogens is 2390 g/mol. The van der Waals surface area contributed by atoms with E-state index in [2.05, 4.69) is 79.8 Å². The Hall–Kier alpha value is -9.06. The third-order valence-electron chi connectivity index (χ3n) is 20.3. The first-order valence-electron chi connectivity index (χ1n) is 42.3. The van der Waals surface area contributed by atoms with Gasteiger partial charge in [0.15, 0.2) is 57.8 Å². The number of aryl methyl sites for hydroxylation is 1. The zero-order valence-corrected chi connectivity index (χ0v) is 97.7. The number of thiol groups is 1. The number of carbonyl (C=O) groups excluding carboxylic acids is 4. The minimum Gasteiger partial charge on any atom is -0.0716 e. The number of pyridine rings is 5. The van der Waals surface area contributed by atoms with E-state index in [0.717, 1.165) is 139 Å². The molecule has 0 bridgehead atoms. The van der Waals surface area contributed by atoms with Crippen molar-refractivity contribution in [1.82, 2.24) is 24.9 Å². The second-order valence-electron chi connectivity index (χ2n) is 30.0. The van der Waals surface area contributed by atoms with Gasteiger partial charge < -0.3 is 81.2 Å². The monoisotopic (exact) mass is 2470 g/mol. The zero-order chi connectivity index (χ0) is 103. The van der Waals surface area contributed by atoms with E-state index in [9.17, 15) is 41.1 Å². The van der Waals surface area contributed by atoms with Crippen LogP contribution >= 0.6 is 145 Å². The molecule has 13 aromatic heterocycles. The van der Waals surface area contributed by atoms with Gasteiger partial charge in [-0.25, -0.2) is 52.5 Å². The van der Waals surface area contributed by atoms with E-state index in [1.165, 1.54) is 95.3 Å². The summed E-state index contributed by atoms with van der Waals surface area (Å²) in [6.07, 6.45) is 16.2. The molecule has 54 heteroatoms. The predicted molar refractivity (Wildman–Crippen MR) is 612 cm³/mol. The number of aromatic nitrogens is 5. The minimum atomic E-state index is -4.04. The van der Waals surface area contributed by atoms with Crippen molar-refractivity contribution in [3.05, 3.63) is 359 Å². The van der Waals surface area contributed by atoms with Gasteiger partial charge in [-0.2, -0.15) is 8.42 Å². The molecule has 0 saturated carbocycles. The summed E-state index contributed by atoms with van der Waals surface area (Å²) in [5, 5.41) is 27.0. The van der Waals surface area contributed by atoms with Crippen LogP contribution in [0.1, 0.15) is 63.7 Å². The largest absolute Gasteiger partial charge is 0.0716 e. The first-order valence-corrected chi connectivity index (χ1v) is 84.8. The van der Waals surface area contributed by atoms with Gasteiger partial charge in [0.1, 0.15) is 24.7 Å². The number of esters is 4. The first-order chi connectivity index (χ1) is 69.3. The summed E-state index contributed by atoms with van der Waals surface area (Å²) in [6, 6.07) is 80.4. The van der Waals surface area contributed by atoms with Crippen molar-refractivity contribution < 1.29 is 109 Å². The standard InChI is InChI=1S/C20H18N2O3.C19H16N2O5S.C13H12N2O3.C12H11BrN2O.C12H12N2O.C8H9BO4.C7H7ClO2S.BHNS.H2P16.Pd/c1-24-20(23)16-9-7-15(8-10-16)17-11-18(19(21)22-12-17)25-13-14-5-3-2-4-6-14;1-25-19(22)14-9-7-13(8-10-14)15-11-17(18(20)21-12-15)26-27(23,24)16-5-3-2-4-6-16;1-18-13(17)9-4-2-8(3-5-9)10-6-11(16)12(14)15-7-10;13-10-6-11(12(14)15-7-10)16-8-9-4-2-1-3-5-9;13-12-11(7-4-8-14-12)15-9-10-5-2-1-3-6-10;1-13-8(10)6-2-4-7(5-3-6)9(11)12;1-6-2-4-7(5-3-6)11(8,9)10;1-2-3;1-3-4(1)7(3)9-11-12(9)15(11)16-13-10(14(13)16)8-5-2-6(5)8;/h2-12H,13H2,1H3,(H2,21,22);2-12H,1H3,(H2,20,21);2-7,16H,1H3,(H2,14,15);1-7H,8H2,(H2,14,15);1-8H,9H2,(H2,13,14);2-5,11-12H,1H3;2-5H,1H3;3H;1-2H;. The van der Waals surface area contributed by atoms with Gasteiger partial charge in [-0.05, 0) is 261 Å². The second-order valence-corrected chi connectivity index (χ2v) is 140. The summed E-state index contributed by atoms with van der Waals surface area (Å²) in [7, 11) is 8.93. The number of hydrogen-bond donors (Lipinski definition) is 9. The molecule has 0 amide bonds. The molecule has 0 spiro atoms. The van der Waals surface area contributed by atoms with Crippen LogP contribution in [0, 0.1) is 6.92 Å². The van der Waals surface area contributed by atoms with E-state index in [-0.39, 0.29) is 65.3 Å². The summed E-state index contributed by atoms with van der Waals surface area (Å²) in [5.74, 6) is 1.16. The molecule has 13 heterocycles. The fourth-order valence-electron chi connectivity index (χ4n) is 12.4. The Balaban J connectivity index is 0.000000140. The number of ether oxygens (including phenoxy) is 7. The maximum absolute atomic E-state index is 12.4. The number of benzene rings is 9. The number of rotatable bonds is 24. The van der Waals surface area contributed by atoms with Crippen molar-refractivity contribution in [1.29, 1.82) is 0 Å². The summed E-state index contributed by atoms with van der Waals surface area (Å²) >= 11 is 6.52. The van der Waals surface area contributed by atoms with Gasteiger partial charge >= 0.3 is 65.9 Å². The van der Waals surface area contributed by atoms with Crippen LogP contribution in [0.5, 0.6) is 28.7 Å². The molecular formula is C91H88B2BrClN11O19P16PdS3. The molecule has 30 nitrogen and oxygen atoms in total. The topological polar surface area (TPSA) is 478 Å². The van der Waals surface area contributed by atoms with Crippen LogP contribution in [0.15, 0.2) is 329 Å². The second kappa shape index (κ2) is 52.9. The molecule has 22 aromatic rings. The molecule has 22 rings (SSSR count). The van der Waals surface area contributed by atoms with Gasteiger partial charge in [0.2, 0.25) is 0 Å². The van der Waals surface area contributed by atoms with E-state index in [4.69, 9.17) is 72.5 Å². The van der Waals surface area contributed by atoms with Gasteiger partial charge in [0.05, 0.1) is 55.6 Å². The molecule has 749 valence electrons. The third-order valence-corrected chi connectivity index (χ3v) is 241. The van der Waals surface area contributed by atoms with Crippen molar-refractivity contribution in [2.75, 3.05) is 57.1 Å². The Morgan fingerprint density at radius 3 is 1.09 bits per heavy atom. The fourth-order valence-corrected chi connectivity index (χ4v) is 464. The summed E-state index contributed by atoms with van der Waals surface area (Å²) in [5.41, 5.74) is 39.4. The normalized spacial score (nSPS) is 12.7. The van der Waals surface area contributed by atoms with Crippen LogP contribution in [0.2, 0.25) is 0 Å². The summed E-state index contributed by atoms with van der Waals surface area (Å²) < 4.78 is 90.3. The van der Waals surface area contributed by atoms with Crippen molar-refractivity contribution in [3.63, 3.8) is 0 Å². The van der Waals surface area contributed by atoms with Crippen molar-refractivity contribution in [2.24, 2.45) is 4.30 Å². The van der Waals surface area contributed by atoms with E-state index in [0.29, 0.717) is 93.4 Å².